The van der Waals surface area contributed by atoms with E-state index >= 15 is 0 Å². The Kier molecular flexibility index (Phi) is 7.28. The summed E-state index contributed by atoms with van der Waals surface area (Å²) in [6.45, 7) is 6.59. The molecular weight excluding hydrogens is 360 g/mol. The van der Waals surface area contributed by atoms with E-state index in [1.165, 1.54) is 0 Å². The number of likely N-dealkylation sites (tertiary alicyclic amines) is 1. The largest absolute Gasteiger partial charge is 0.342 e. The minimum atomic E-state index is -3.00. The van der Waals surface area contributed by atoms with Crippen LogP contribution in [-0.2, 0) is 21.2 Å². The summed E-state index contributed by atoms with van der Waals surface area (Å²) in [5, 5.41) is 0.408. The van der Waals surface area contributed by atoms with Gasteiger partial charge in [0.2, 0.25) is 5.91 Å². The van der Waals surface area contributed by atoms with Gasteiger partial charge >= 0.3 is 0 Å². The fourth-order valence-electron chi connectivity index (χ4n) is 3.12. The second kappa shape index (κ2) is 9.01. The maximum Gasteiger partial charge on any atom is 0.236 e. The number of benzene rings is 1. The van der Waals surface area contributed by atoms with Gasteiger partial charge in [-0.2, -0.15) is 0 Å². The maximum absolute atomic E-state index is 12.6. The van der Waals surface area contributed by atoms with Gasteiger partial charge in [0.05, 0.1) is 11.8 Å². The van der Waals surface area contributed by atoms with Crippen molar-refractivity contribution in [2.45, 2.75) is 38.5 Å². The Hall–Kier alpha value is -1.11. The third-order valence-electron chi connectivity index (χ3n) is 4.83. The van der Waals surface area contributed by atoms with Crippen molar-refractivity contribution in [3.63, 3.8) is 0 Å². The van der Waals surface area contributed by atoms with E-state index < -0.39 is 9.84 Å². The first-order chi connectivity index (χ1) is 11.9. The number of hydrogen-bond acceptors (Lipinski definition) is 4. The van der Waals surface area contributed by atoms with Crippen LogP contribution in [0.5, 0.6) is 0 Å². The summed E-state index contributed by atoms with van der Waals surface area (Å²) < 4.78 is 23.9. The Labute approximate surface area is 155 Å². The molecule has 7 heteroatoms. The number of sulfone groups is 1. The summed E-state index contributed by atoms with van der Waals surface area (Å²) in [5.74, 6) is 0.249. The Bertz CT molecular complexity index is 668. The van der Waals surface area contributed by atoms with Crippen LogP contribution in [0.2, 0.25) is 5.02 Å². The van der Waals surface area contributed by atoms with Gasteiger partial charge in [-0.3, -0.25) is 9.69 Å². The lowest BCUT2D eigenvalue weighted by Crippen LogP contribution is -2.46. The highest BCUT2D eigenvalue weighted by atomic mass is 35.5. The molecule has 140 valence electrons. The van der Waals surface area contributed by atoms with Crippen molar-refractivity contribution in [2.24, 2.45) is 0 Å². The predicted octanol–water partition coefficient (Wildman–Crippen LogP) is 2.59. The van der Waals surface area contributed by atoms with Crippen LogP contribution < -0.4 is 0 Å². The third kappa shape index (κ3) is 5.69. The van der Waals surface area contributed by atoms with Crippen molar-refractivity contribution in [1.82, 2.24) is 9.80 Å². The van der Waals surface area contributed by atoms with Gasteiger partial charge in [-0.05, 0) is 37.1 Å². The molecule has 1 heterocycles. The molecule has 2 rings (SSSR count). The van der Waals surface area contributed by atoms with E-state index in [4.69, 9.17) is 11.6 Å². The van der Waals surface area contributed by atoms with Crippen molar-refractivity contribution in [3.05, 3.63) is 34.9 Å². The van der Waals surface area contributed by atoms with Crippen LogP contribution >= 0.6 is 11.6 Å². The van der Waals surface area contributed by atoms with Gasteiger partial charge in [0.1, 0.15) is 0 Å². The van der Waals surface area contributed by atoms with Gasteiger partial charge in [-0.15, -0.1) is 0 Å². The minimum absolute atomic E-state index is 0.0724. The van der Waals surface area contributed by atoms with Crippen molar-refractivity contribution < 1.29 is 13.2 Å². The summed E-state index contributed by atoms with van der Waals surface area (Å²) in [6, 6.07) is 7.64. The zero-order chi connectivity index (χ0) is 18.4. The Morgan fingerprint density at radius 2 is 1.80 bits per heavy atom. The van der Waals surface area contributed by atoms with E-state index in [-0.39, 0.29) is 16.9 Å². The molecule has 1 aliphatic rings. The maximum atomic E-state index is 12.6. The predicted molar refractivity (Wildman–Crippen MR) is 101 cm³/mol. The van der Waals surface area contributed by atoms with Gasteiger partial charge in [-0.1, -0.05) is 37.6 Å². The first-order valence-corrected chi connectivity index (χ1v) is 10.9. The van der Waals surface area contributed by atoms with E-state index in [9.17, 15) is 13.2 Å². The molecule has 1 amide bonds. The number of halogens is 1. The molecule has 1 aliphatic heterocycles. The lowest BCUT2D eigenvalue weighted by Gasteiger charge is -2.33. The highest BCUT2D eigenvalue weighted by Gasteiger charge is 2.30. The van der Waals surface area contributed by atoms with Gasteiger partial charge in [0.15, 0.2) is 9.84 Å². The average molecular weight is 387 g/mol. The number of rotatable bonds is 7. The van der Waals surface area contributed by atoms with Crippen LogP contribution in [0, 0.1) is 0 Å². The molecule has 1 fully saturated rings. The van der Waals surface area contributed by atoms with Gasteiger partial charge in [-0.25, -0.2) is 8.42 Å². The molecule has 1 aromatic carbocycles. The zero-order valence-corrected chi connectivity index (χ0v) is 16.5. The molecule has 5 nitrogen and oxygen atoms in total. The molecule has 1 aromatic rings. The molecule has 0 radical (unpaired) electrons. The number of likely N-dealkylation sites (N-methyl/N-ethyl adjacent to an activating group) is 1. The normalized spacial score (nSPS) is 16.4. The zero-order valence-electron chi connectivity index (χ0n) is 14.9. The lowest BCUT2D eigenvalue weighted by molar-refractivity contribution is -0.133. The molecule has 0 aliphatic carbocycles. The fraction of sp³-hybridized carbons (Fsp3) is 0.611. The van der Waals surface area contributed by atoms with E-state index in [0.29, 0.717) is 44.0 Å². The Morgan fingerprint density at radius 3 is 2.32 bits per heavy atom. The van der Waals surface area contributed by atoms with Crippen LogP contribution in [-0.4, -0.2) is 61.3 Å². The first-order valence-electron chi connectivity index (χ1n) is 8.81. The summed E-state index contributed by atoms with van der Waals surface area (Å²) in [7, 11) is -3.00. The van der Waals surface area contributed by atoms with Gasteiger partial charge < -0.3 is 4.90 Å². The highest BCUT2D eigenvalue weighted by Crippen LogP contribution is 2.19. The number of amides is 1. The van der Waals surface area contributed by atoms with Crippen LogP contribution in [0.4, 0.5) is 0 Å². The van der Waals surface area contributed by atoms with Crippen molar-refractivity contribution in [3.8, 4) is 0 Å². The van der Waals surface area contributed by atoms with Crippen molar-refractivity contribution in [2.75, 3.05) is 31.9 Å². The average Bonchev–Trinajstić information content (AvgIpc) is 2.63. The number of carbonyl (C=O) groups excluding carboxylic acids is 1. The molecule has 0 spiro atoms. The number of carbonyl (C=O) groups is 1. The molecule has 0 N–H and O–H groups in total. The minimum Gasteiger partial charge on any atom is -0.342 e. The fourth-order valence-corrected chi connectivity index (χ4v) is 4.65. The van der Waals surface area contributed by atoms with Crippen LogP contribution in [0.25, 0.3) is 0 Å². The third-order valence-corrected chi connectivity index (χ3v) is 7.37. The molecule has 0 bridgehead atoms. The van der Waals surface area contributed by atoms with Crippen molar-refractivity contribution in [1.29, 1.82) is 0 Å². The Balaban J connectivity index is 1.87. The summed E-state index contributed by atoms with van der Waals surface area (Å²) >= 11 is 5.91. The van der Waals surface area contributed by atoms with E-state index in [0.717, 1.165) is 12.1 Å². The topological polar surface area (TPSA) is 57.7 Å². The van der Waals surface area contributed by atoms with Crippen LogP contribution in [0.3, 0.4) is 0 Å². The van der Waals surface area contributed by atoms with Crippen LogP contribution in [0.15, 0.2) is 24.3 Å². The monoisotopic (exact) mass is 386 g/mol. The lowest BCUT2D eigenvalue weighted by atomic mass is 10.1. The molecule has 25 heavy (non-hydrogen) atoms. The number of hydrogen-bond donors (Lipinski definition) is 0. The van der Waals surface area contributed by atoms with E-state index in [1.54, 1.807) is 11.8 Å². The molecule has 0 unspecified atom stereocenters. The van der Waals surface area contributed by atoms with Gasteiger partial charge in [0, 0.05) is 30.4 Å². The van der Waals surface area contributed by atoms with E-state index in [2.05, 4.69) is 4.90 Å². The molecule has 0 saturated carbocycles. The van der Waals surface area contributed by atoms with E-state index in [1.807, 2.05) is 31.2 Å². The molecule has 0 atom stereocenters. The highest BCUT2D eigenvalue weighted by molar-refractivity contribution is 7.92. The quantitative estimate of drug-likeness (QED) is 0.722. The second-order valence-corrected chi connectivity index (χ2v) is 9.47. The smallest absolute Gasteiger partial charge is 0.236 e. The number of nitrogens with zero attached hydrogens (tertiary/aromatic N) is 2. The van der Waals surface area contributed by atoms with Gasteiger partial charge in [0.25, 0.3) is 0 Å². The first kappa shape index (κ1) is 20.2. The Morgan fingerprint density at radius 1 is 1.20 bits per heavy atom. The standard InChI is InChI=1S/C18H27ClN2O3S/c1-3-20(13-15-5-7-16(19)8-6-15)14-18(22)21-11-9-17(10-12-21)25(23,24)4-2/h5-8,17H,3-4,9-14H2,1-2H3. The summed E-state index contributed by atoms with van der Waals surface area (Å²) in [4.78, 5) is 16.4. The summed E-state index contributed by atoms with van der Waals surface area (Å²) in [5.41, 5.74) is 1.12. The molecule has 1 saturated heterocycles. The SMILES string of the molecule is CCN(CC(=O)N1CCC(S(=O)(=O)CC)CC1)Cc1ccc(Cl)cc1. The number of piperidine rings is 1. The second-order valence-electron chi connectivity index (χ2n) is 6.46. The van der Waals surface area contributed by atoms with Crippen LogP contribution in [0.1, 0.15) is 32.3 Å². The van der Waals surface area contributed by atoms with Crippen molar-refractivity contribution >= 4 is 27.3 Å². The molecule has 0 aromatic heterocycles. The molecular formula is C18H27ClN2O3S. The summed E-state index contributed by atoms with van der Waals surface area (Å²) in [6.07, 6.45) is 1.09.